The monoisotopic (exact) mass is 139 g/mol. The van der Waals surface area contributed by atoms with Crippen molar-refractivity contribution >= 4 is 6.01 Å². The van der Waals surface area contributed by atoms with E-state index in [2.05, 4.69) is 17.1 Å². The van der Waals surface area contributed by atoms with Crippen molar-refractivity contribution in [3.63, 3.8) is 0 Å². The van der Waals surface area contributed by atoms with Crippen molar-refractivity contribution in [2.45, 2.75) is 19.3 Å². The lowest BCUT2D eigenvalue weighted by atomic mass is 10.3. The summed E-state index contributed by atoms with van der Waals surface area (Å²) in [6.45, 7) is 2.16. The van der Waals surface area contributed by atoms with E-state index in [4.69, 9.17) is 10.2 Å². The number of anilines is 1. The fourth-order valence-corrected chi connectivity index (χ4v) is 1.06. The molecule has 1 aliphatic rings. The van der Waals surface area contributed by atoms with Gasteiger partial charge in [-0.25, -0.2) is 0 Å². The van der Waals surface area contributed by atoms with Crippen molar-refractivity contribution in [1.82, 2.24) is 10.2 Å². The SMILES string of the molecule is C[C@@H]1C[C@H]1c1nnc(N)o1. The van der Waals surface area contributed by atoms with Crippen LogP contribution in [-0.2, 0) is 0 Å². The molecule has 0 radical (unpaired) electrons. The number of hydrogen-bond donors (Lipinski definition) is 1. The minimum Gasteiger partial charge on any atom is -0.408 e. The first-order chi connectivity index (χ1) is 4.77. The third-order valence-electron chi connectivity index (χ3n) is 1.88. The standard InChI is InChI=1S/C6H9N3O/c1-3-2-4(3)5-8-9-6(7)10-5/h3-4H,2H2,1H3,(H2,7,9)/t3-,4-/m1/s1. The molecule has 1 fully saturated rings. The average Bonchev–Trinajstić information content (AvgIpc) is 2.42. The second-order valence-corrected chi connectivity index (χ2v) is 2.80. The molecule has 1 aromatic rings. The van der Waals surface area contributed by atoms with Crippen molar-refractivity contribution in [1.29, 1.82) is 0 Å². The van der Waals surface area contributed by atoms with Gasteiger partial charge in [0.1, 0.15) is 0 Å². The Kier molecular flexibility index (Phi) is 0.977. The molecule has 4 nitrogen and oxygen atoms in total. The Balaban J connectivity index is 2.20. The summed E-state index contributed by atoms with van der Waals surface area (Å²) in [5, 5.41) is 7.36. The maximum atomic E-state index is 5.25. The van der Waals surface area contributed by atoms with Crippen LogP contribution in [0.4, 0.5) is 6.01 Å². The molecule has 2 atom stereocenters. The highest BCUT2D eigenvalue weighted by atomic mass is 16.4. The van der Waals surface area contributed by atoms with E-state index in [0.29, 0.717) is 17.7 Å². The minimum absolute atomic E-state index is 0.175. The van der Waals surface area contributed by atoms with Gasteiger partial charge in [-0.2, -0.15) is 0 Å². The lowest BCUT2D eigenvalue weighted by molar-refractivity contribution is 0.506. The third-order valence-corrected chi connectivity index (χ3v) is 1.88. The summed E-state index contributed by atoms with van der Waals surface area (Å²) in [6, 6.07) is 0.175. The quantitative estimate of drug-likeness (QED) is 0.624. The van der Waals surface area contributed by atoms with Gasteiger partial charge in [-0.15, -0.1) is 5.10 Å². The van der Waals surface area contributed by atoms with Crippen LogP contribution in [0.1, 0.15) is 25.2 Å². The zero-order valence-corrected chi connectivity index (χ0v) is 5.74. The van der Waals surface area contributed by atoms with E-state index < -0.39 is 0 Å². The van der Waals surface area contributed by atoms with Gasteiger partial charge in [-0.1, -0.05) is 12.0 Å². The molecule has 0 saturated heterocycles. The number of aromatic nitrogens is 2. The second kappa shape index (κ2) is 1.71. The lowest BCUT2D eigenvalue weighted by Crippen LogP contribution is -1.81. The Morgan fingerprint density at radius 3 is 2.70 bits per heavy atom. The van der Waals surface area contributed by atoms with Gasteiger partial charge >= 0.3 is 6.01 Å². The first kappa shape index (κ1) is 5.70. The molecule has 1 heterocycles. The molecule has 0 unspecified atom stereocenters. The molecule has 2 N–H and O–H groups in total. The van der Waals surface area contributed by atoms with Crippen LogP contribution in [0.5, 0.6) is 0 Å². The van der Waals surface area contributed by atoms with E-state index in [1.807, 2.05) is 0 Å². The van der Waals surface area contributed by atoms with E-state index in [1.54, 1.807) is 0 Å². The molecule has 1 saturated carbocycles. The molecule has 0 bridgehead atoms. The Morgan fingerprint density at radius 1 is 1.60 bits per heavy atom. The van der Waals surface area contributed by atoms with Gasteiger partial charge in [0.2, 0.25) is 5.89 Å². The number of rotatable bonds is 1. The van der Waals surface area contributed by atoms with E-state index in [9.17, 15) is 0 Å². The molecule has 10 heavy (non-hydrogen) atoms. The Hall–Kier alpha value is -1.06. The Labute approximate surface area is 58.4 Å². The van der Waals surface area contributed by atoms with Gasteiger partial charge < -0.3 is 10.2 Å². The molecule has 54 valence electrons. The highest BCUT2D eigenvalue weighted by Gasteiger charge is 2.38. The number of nitrogen functional groups attached to an aromatic ring is 1. The van der Waals surface area contributed by atoms with E-state index in [0.717, 1.165) is 6.42 Å². The van der Waals surface area contributed by atoms with Crippen LogP contribution in [0.25, 0.3) is 0 Å². The van der Waals surface area contributed by atoms with E-state index in [1.165, 1.54) is 0 Å². The highest BCUT2D eigenvalue weighted by molar-refractivity contribution is 5.11. The topological polar surface area (TPSA) is 64.9 Å². The van der Waals surface area contributed by atoms with Crippen molar-refractivity contribution in [3.05, 3.63) is 5.89 Å². The fraction of sp³-hybridized carbons (Fsp3) is 0.667. The molecule has 1 aromatic heterocycles. The summed E-state index contributed by atoms with van der Waals surface area (Å²) in [6.07, 6.45) is 1.15. The Bertz CT molecular complexity index is 245. The number of hydrogen-bond acceptors (Lipinski definition) is 4. The predicted molar refractivity (Wildman–Crippen MR) is 35.2 cm³/mol. The van der Waals surface area contributed by atoms with Crippen molar-refractivity contribution < 1.29 is 4.42 Å². The van der Waals surface area contributed by atoms with Gasteiger partial charge in [0.05, 0.1) is 0 Å². The summed E-state index contributed by atoms with van der Waals surface area (Å²) in [5.41, 5.74) is 5.25. The van der Waals surface area contributed by atoms with Crippen LogP contribution in [0.2, 0.25) is 0 Å². The van der Waals surface area contributed by atoms with Crippen LogP contribution in [0.15, 0.2) is 4.42 Å². The van der Waals surface area contributed by atoms with E-state index in [-0.39, 0.29) is 6.01 Å². The molecule has 2 rings (SSSR count). The van der Waals surface area contributed by atoms with Crippen LogP contribution < -0.4 is 5.73 Å². The zero-order valence-electron chi connectivity index (χ0n) is 5.74. The molecular weight excluding hydrogens is 130 g/mol. The van der Waals surface area contributed by atoms with Crippen molar-refractivity contribution in [3.8, 4) is 0 Å². The summed E-state index contributed by atoms with van der Waals surface area (Å²) >= 11 is 0. The van der Waals surface area contributed by atoms with Gasteiger partial charge in [0, 0.05) is 5.92 Å². The van der Waals surface area contributed by atoms with Crippen molar-refractivity contribution in [2.24, 2.45) is 5.92 Å². The first-order valence-electron chi connectivity index (χ1n) is 3.36. The molecule has 0 aliphatic heterocycles. The van der Waals surface area contributed by atoms with Crippen LogP contribution >= 0.6 is 0 Å². The number of nitrogens with two attached hydrogens (primary N) is 1. The lowest BCUT2D eigenvalue weighted by Gasteiger charge is -1.83. The molecule has 0 spiro atoms. The smallest absolute Gasteiger partial charge is 0.312 e. The maximum absolute atomic E-state index is 5.25. The molecule has 1 aliphatic carbocycles. The van der Waals surface area contributed by atoms with Crippen LogP contribution in [0, 0.1) is 5.92 Å². The molecule has 4 heteroatoms. The zero-order chi connectivity index (χ0) is 7.14. The van der Waals surface area contributed by atoms with Crippen molar-refractivity contribution in [2.75, 3.05) is 5.73 Å². The minimum atomic E-state index is 0.175. The normalized spacial score (nSPS) is 30.5. The predicted octanol–water partition coefficient (Wildman–Crippen LogP) is 0.775. The van der Waals surface area contributed by atoms with Gasteiger partial charge in [-0.05, 0) is 12.3 Å². The van der Waals surface area contributed by atoms with Gasteiger partial charge in [0.25, 0.3) is 0 Å². The van der Waals surface area contributed by atoms with Crippen LogP contribution in [-0.4, -0.2) is 10.2 Å². The summed E-state index contributed by atoms with van der Waals surface area (Å²) < 4.78 is 5.03. The van der Waals surface area contributed by atoms with Gasteiger partial charge in [0.15, 0.2) is 0 Å². The third kappa shape index (κ3) is 0.761. The molecule has 0 amide bonds. The fourth-order valence-electron chi connectivity index (χ4n) is 1.06. The average molecular weight is 139 g/mol. The summed E-state index contributed by atoms with van der Waals surface area (Å²) in [5.74, 6) is 1.87. The second-order valence-electron chi connectivity index (χ2n) is 2.80. The first-order valence-corrected chi connectivity index (χ1v) is 3.36. The maximum Gasteiger partial charge on any atom is 0.312 e. The number of nitrogens with zero attached hydrogens (tertiary/aromatic N) is 2. The largest absolute Gasteiger partial charge is 0.408 e. The van der Waals surface area contributed by atoms with Crippen LogP contribution in [0.3, 0.4) is 0 Å². The van der Waals surface area contributed by atoms with E-state index >= 15 is 0 Å². The highest BCUT2D eigenvalue weighted by Crippen LogP contribution is 2.46. The Morgan fingerprint density at radius 2 is 2.30 bits per heavy atom. The summed E-state index contributed by atoms with van der Waals surface area (Å²) in [4.78, 5) is 0. The molecular formula is C6H9N3O. The van der Waals surface area contributed by atoms with Gasteiger partial charge in [-0.3, -0.25) is 0 Å². The summed E-state index contributed by atoms with van der Waals surface area (Å²) in [7, 11) is 0. The molecule has 0 aromatic carbocycles.